The van der Waals surface area contributed by atoms with Crippen molar-refractivity contribution >= 4 is 22.8 Å². The lowest BCUT2D eigenvalue weighted by Gasteiger charge is -2.14. The first-order valence-electron chi connectivity index (χ1n) is 9.05. The number of aromatic carboxylic acids is 1. The molecule has 0 aliphatic carbocycles. The molecule has 4 rings (SSSR count). The van der Waals surface area contributed by atoms with Gasteiger partial charge in [-0.05, 0) is 17.2 Å². The maximum Gasteiger partial charge on any atom is 0.340 e. The highest BCUT2D eigenvalue weighted by Crippen LogP contribution is 2.37. The molecule has 0 aliphatic rings. The van der Waals surface area contributed by atoms with Gasteiger partial charge in [-0.15, -0.1) is 0 Å². The SMILES string of the molecule is CC(=O)Oc1c(-c2ccc(-c3ccccc3)cc2)nc2ccccc2c1C(=O)O. The summed E-state index contributed by atoms with van der Waals surface area (Å²) in [4.78, 5) is 28.3. The minimum Gasteiger partial charge on any atom is -0.478 e. The summed E-state index contributed by atoms with van der Waals surface area (Å²) < 4.78 is 5.33. The van der Waals surface area contributed by atoms with Gasteiger partial charge in [-0.3, -0.25) is 4.79 Å². The molecule has 4 aromatic rings. The number of fused-ring (bicyclic) bond motifs is 1. The molecule has 1 aromatic heterocycles. The maximum absolute atomic E-state index is 12.0. The summed E-state index contributed by atoms with van der Waals surface area (Å²) in [6, 6.07) is 24.4. The van der Waals surface area contributed by atoms with Crippen LogP contribution in [0.5, 0.6) is 5.75 Å². The number of carbonyl (C=O) groups is 2. The summed E-state index contributed by atoms with van der Waals surface area (Å²) in [6.07, 6.45) is 0. The summed E-state index contributed by atoms with van der Waals surface area (Å²) in [5, 5.41) is 10.2. The van der Waals surface area contributed by atoms with E-state index in [0.29, 0.717) is 22.2 Å². The third-order valence-electron chi connectivity index (χ3n) is 4.57. The van der Waals surface area contributed by atoms with Crippen molar-refractivity contribution in [3.63, 3.8) is 0 Å². The van der Waals surface area contributed by atoms with Crippen molar-refractivity contribution in [3.8, 4) is 28.1 Å². The van der Waals surface area contributed by atoms with Gasteiger partial charge in [-0.1, -0.05) is 72.8 Å². The zero-order valence-corrected chi connectivity index (χ0v) is 15.6. The van der Waals surface area contributed by atoms with Crippen molar-refractivity contribution in [2.24, 2.45) is 0 Å². The molecule has 0 aliphatic heterocycles. The molecular formula is C24H17NO4. The Morgan fingerprint density at radius 3 is 2.03 bits per heavy atom. The maximum atomic E-state index is 12.0. The summed E-state index contributed by atoms with van der Waals surface area (Å²) in [7, 11) is 0. The van der Waals surface area contributed by atoms with Gasteiger partial charge < -0.3 is 9.84 Å². The van der Waals surface area contributed by atoms with Crippen molar-refractivity contribution in [1.82, 2.24) is 4.98 Å². The van der Waals surface area contributed by atoms with E-state index in [1.165, 1.54) is 6.92 Å². The van der Waals surface area contributed by atoms with E-state index in [1.807, 2.05) is 54.6 Å². The molecule has 0 unspecified atom stereocenters. The first-order chi connectivity index (χ1) is 14.0. The molecule has 1 heterocycles. The third-order valence-corrected chi connectivity index (χ3v) is 4.57. The van der Waals surface area contributed by atoms with E-state index >= 15 is 0 Å². The first-order valence-corrected chi connectivity index (χ1v) is 9.05. The minimum atomic E-state index is -1.18. The number of carboxylic acids is 1. The fourth-order valence-electron chi connectivity index (χ4n) is 3.30. The van der Waals surface area contributed by atoms with E-state index in [-0.39, 0.29) is 11.3 Å². The van der Waals surface area contributed by atoms with E-state index in [9.17, 15) is 14.7 Å². The van der Waals surface area contributed by atoms with Crippen LogP contribution in [-0.4, -0.2) is 22.0 Å². The zero-order chi connectivity index (χ0) is 20.4. The Morgan fingerprint density at radius 1 is 0.793 bits per heavy atom. The second-order valence-corrected chi connectivity index (χ2v) is 6.52. The predicted molar refractivity (Wildman–Crippen MR) is 111 cm³/mol. The van der Waals surface area contributed by atoms with Crippen LogP contribution in [0.3, 0.4) is 0 Å². The Morgan fingerprint density at radius 2 is 1.38 bits per heavy atom. The van der Waals surface area contributed by atoms with Gasteiger partial charge in [0.1, 0.15) is 11.3 Å². The summed E-state index contributed by atoms with van der Waals surface area (Å²) in [5.74, 6) is -1.83. The van der Waals surface area contributed by atoms with Crippen molar-refractivity contribution in [2.45, 2.75) is 6.92 Å². The topological polar surface area (TPSA) is 76.5 Å². The first kappa shape index (κ1) is 18.4. The van der Waals surface area contributed by atoms with E-state index in [4.69, 9.17) is 4.74 Å². The van der Waals surface area contributed by atoms with Gasteiger partial charge in [0.05, 0.1) is 5.52 Å². The standard InChI is InChI=1S/C24H17NO4/c1-15(26)29-23-21(24(27)28)19-9-5-6-10-20(19)25-22(23)18-13-11-17(12-14-18)16-7-3-2-4-8-16/h2-14H,1H3,(H,27,28). The molecule has 5 nitrogen and oxygen atoms in total. The van der Waals surface area contributed by atoms with E-state index in [2.05, 4.69) is 4.98 Å². The Hall–Kier alpha value is -3.99. The predicted octanol–water partition coefficient (Wildman–Crippen LogP) is 5.19. The van der Waals surface area contributed by atoms with Gasteiger partial charge in [0.25, 0.3) is 0 Å². The Labute approximate surface area is 167 Å². The molecule has 0 spiro atoms. The minimum absolute atomic E-state index is 0.0452. The number of pyridine rings is 1. The smallest absolute Gasteiger partial charge is 0.340 e. The molecule has 0 saturated carbocycles. The molecule has 29 heavy (non-hydrogen) atoms. The van der Waals surface area contributed by atoms with Crippen LogP contribution in [0.25, 0.3) is 33.3 Å². The fraction of sp³-hybridized carbons (Fsp3) is 0.0417. The largest absolute Gasteiger partial charge is 0.478 e. The summed E-state index contributed by atoms with van der Waals surface area (Å²) in [5.41, 5.74) is 3.50. The van der Waals surface area contributed by atoms with Crippen LogP contribution >= 0.6 is 0 Å². The molecular weight excluding hydrogens is 366 g/mol. The van der Waals surface area contributed by atoms with Gasteiger partial charge in [0, 0.05) is 17.9 Å². The second kappa shape index (κ2) is 7.56. The molecule has 3 aromatic carbocycles. The molecule has 0 amide bonds. The van der Waals surface area contributed by atoms with Crippen LogP contribution in [0.1, 0.15) is 17.3 Å². The van der Waals surface area contributed by atoms with Gasteiger partial charge >= 0.3 is 11.9 Å². The number of nitrogens with zero attached hydrogens (tertiary/aromatic N) is 1. The highest BCUT2D eigenvalue weighted by molar-refractivity contribution is 6.07. The number of carbonyl (C=O) groups excluding carboxylic acids is 1. The number of hydrogen-bond donors (Lipinski definition) is 1. The van der Waals surface area contributed by atoms with Crippen LogP contribution in [-0.2, 0) is 4.79 Å². The number of benzene rings is 3. The molecule has 0 bridgehead atoms. The molecule has 0 fully saturated rings. The lowest BCUT2D eigenvalue weighted by atomic mass is 9.99. The number of ether oxygens (including phenoxy) is 1. The lowest BCUT2D eigenvalue weighted by Crippen LogP contribution is -2.10. The van der Waals surface area contributed by atoms with Crippen molar-refractivity contribution in [1.29, 1.82) is 0 Å². The number of para-hydroxylation sites is 1. The van der Waals surface area contributed by atoms with Crippen LogP contribution in [0.4, 0.5) is 0 Å². The second-order valence-electron chi connectivity index (χ2n) is 6.52. The molecule has 5 heteroatoms. The monoisotopic (exact) mass is 383 g/mol. The number of hydrogen-bond acceptors (Lipinski definition) is 4. The fourth-order valence-corrected chi connectivity index (χ4v) is 3.30. The van der Waals surface area contributed by atoms with Gasteiger partial charge in [0.15, 0.2) is 5.75 Å². The van der Waals surface area contributed by atoms with Crippen LogP contribution in [0.2, 0.25) is 0 Å². The molecule has 0 atom stereocenters. The average molecular weight is 383 g/mol. The number of carboxylic acid groups (broad SMARTS) is 1. The van der Waals surface area contributed by atoms with Crippen LogP contribution < -0.4 is 4.74 Å². The van der Waals surface area contributed by atoms with Crippen molar-refractivity contribution in [3.05, 3.63) is 84.4 Å². The van der Waals surface area contributed by atoms with Crippen LogP contribution in [0, 0.1) is 0 Å². The van der Waals surface area contributed by atoms with E-state index < -0.39 is 11.9 Å². The molecule has 142 valence electrons. The van der Waals surface area contributed by atoms with E-state index in [0.717, 1.165) is 11.1 Å². The number of aromatic nitrogens is 1. The van der Waals surface area contributed by atoms with Crippen molar-refractivity contribution < 1.29 is 19.4 Å². The summed E-state index contributed by atoms with van der Waals surface area (Å²) in [6.45, 7) is 1.24. The summed E-state index contributed by atoms with van der Waals surface area (Å²) >= 11 is 0. The quantitative estimate of drug-likeness (QED) is 0.491. The third kappa shape index (κ3) is 3.58. The molecule has 0 saturated heterocycles. The van der Waals surface area contributed by atoms with Gasteiger partial charge in [0.2, 0.25) is 0 Å². The number of rotatable bonds is 4. The Balaban J connectivity index is 1.92. The average Bonchev–Trinajstić information content (AvgIpc) is 2.73. The van der Waals surface area contributed by atoms with Gasteiger partial charge in [-0.25, -0.2) is 9.78 Å². The molecule has 1 N–H and O–H groups in total. The number of esters is 1. The van der Waals surface area contributed by atoms with Crippen molar-refractivity contribution in [2.75, 3.05) is 0 Å². The normalized spacial score (nSPS) is 10.7. The Kier molecular flexibility index (Phi) is 4.79. The Bertz CT molecular complexity index is 1220. The van der Waals surface area contributed by atoms with Crippen LogP contribution in [0.15, 0.2) is 78.9 Å². The van der Waals surface area contributed by atoms with Gasteiger partial charge in [-0.2, -0.15) is 0 Å². The molecule has 0 radical (unpaired) electrons. The highest BCUT2D eigenvalue weighted by atomic mass is 16.5. The highest BCUT2D eigenvalue weighted by Gasteiger charge is 2.24. The lowest BCUT2D eigenvalue weighted by molar-refractivity contribution is -0.131. The zero-order valence-electron chi connectivity index (χ0n) is 15.6. The van der Waals surface area contributed by atoms with E-state index in [1.54, 1.807) is 24.3 Å².